The van der Waals surface area contributed by atoms with Gasteiger partial charge in [-0.3, -0.25) is 0 Å². The Morgan fingerprint density at radius 1 is 0.237 bits per heavy atom. The number of pyridine rings is 1. The molecule has 2 heterocycles. The highest BCUT2D eigenvalue weighted by molar-refractivity contribution is 6.27. The van der Waals surface area contributed by atoms with Crippen LogP contribution in [-0.4, -0.2) is 4.98 Å². The molecule has 0 aliphatic carbocycles. The van der Waals surface area contributed by atoms with E-state index in [2.05, 4.69) is 254 Å². The van der Waals surface area contributed by atoms with E-state index in [0.29, 0.717) is 5.71 Å². The highest BCUT2D eigenvalue weighted by atomic mass is 16.3. The maximum Gasteiger partial charge on any atom is 0.227 e. The molecule has 76 heavy (non-hydrogen) atoms. The van der Waals surface area contributed by atoms with Gasteiger partial charge < -0.3 is 9.32 Å². The van der Waals surface area contributed by atoms with Crippen LogP contribution in [0, 0.1) is 0 Å². The number of anilines is 3. The quantitative estimate of drug-likeness (QED) is 0.156. The van der Waals surface area contributed by atoms with Gasteiger partial charge in [-0.05, 0) is 187 Å². The monoisotopic (exact) mass is 964 g/mol. The van der Waals surface area contributed by atoms with Gasteiger partial charge in [0.1, 0.15) is 5.58 Å². The van der Waals surface area contributed by atoms with Gasteiger partial charge in [0.25, 0.3) is 0 Å². The molecular formula is C73H44N2O. The smallest absolute Gasteiger partial charge is 0.227 e. The Hall–Kier alpha value is -10.1. The molecule has 3 heteroatoms. The number of rotatable bonds is 6. The molecule has 2 aromatic heterocycles. The van der Waals surface area contributed by atoms with Crippen LogP contribution in [-0.2, 0) is 0 Å². The number of fused-ring (bicyclic) bond motifs is 17. The Bertz CT molecular complexity index is 4760. The summed E-state index contributed by atoms with van der Waals surface area (Å²) in [5.41, 5.74) is 11.4. The molecule has 0 saturated carbocycles. The molecular weight excluding hydrogens is 921 g/mol. The predicted molar refractivity (Wildman–Crippen MR) is 323 cm³/mol. The topological polar surface area (TPSA) is 29.3 Å². The van der Waals surface area contributed by atoms with E-state index < -0.39 is 0 Å². The van der Waals surface area contributed by atoms with Crippen molar-refractivity contribution in [2.75, 3.05) is 4.90 Å². The highest BCUT2D eigenvalue weighted by Crippen LogP contribution is 2.43. The lowest BCUT2D eigenvalue weighted by atomic mass is 9.91. The Labute approximate surface area is 437 Å². The maximum atomic E-state index is 6.20. The first-order valence-corrected chi connectivity index (χ1v) is 26.1. The predicted octanol–water partition coefficient (Wildman–Crippen LogP) is 20.7. The summed E-state index contributed by atoms with van der Waals surface area (Å²) >= 11 is 0. The number of benzene rings is 14. The van der Waals surface area contributed by atoms with E-state index in [1.54, 1.807) is 0 Å². The van der Waals surface area contributed by atoms with Gasteiger partial charge in [-0.1, -0.05) is 188 Å². The van der Waals surface area contributed by atoms with Crippen LogP contribution in [0.3, 0.4) is 0 Å². The number of aromatic nitrogens is 1. The molecule has 0 aliphatic rings. The number of nitrogens with zero attached hydrogens (tertiary/aromatic N) is 2. The van der Waals surface area contributed by atoms with E-state index in [0.717, 1.165) is 44.7 Å². The summed E-state index contributed by atoms with van der Waals surface area (Å²) in [5.74, 6) is 0. The zero-order valence-corrected chi connectivity index (χ0v) is 41.2. The van der Waals surface area contributed by atoms with Gasteiger partial charge in [0.2, 0.25) is 5.71 Å². The largest absolute Gasteiger partial charge is 0.438 e. The third kappa shape index (κ3) is 6.73. The van der Waals surface area contributed by atoms with Crippen LogP contribution in [0.4, 0.5) is 17.1 Å². The third-order valence-corrected chi connectivity index (χ3v) is 16.0. The second-order valence-electron chi connectivity index (χ2n) is 20.2. The standard InChI is InChI=1S/C73H44N2O/c1-3-15-61-57(11-1)59-13-5-7-17-63(59)69-43-52(29-35-65(61)69)46-21-23-50-41-55(33-27-48(50)39-46)75(54-31-25-45(26-32-54)71-38-37-68-67-19-9-10-20-72(67)76-73(68)74-71)56-34-28-49-40-47(22-24-51(49)42-56)53-30-36-66-62-16-4-2-12-58(62)60-14-6-8-18-64(60)70(66)44-53/h1-44H. The molecule has 0 bridgehead atoms. The van der Waals surface area contributed by atoms with Gasteiger partial charge in [-0.15, -0.1) is 0 Å². The fourth-order valence-corrected chi connectivity index (χ4v) is 12.3. The minimum atomic E-state index is 0.647. The van der Waals surface area contributed by atoms with Gasteiger partial charge in [-0.2, -0.15) is 0 Å². The molecule has 3 nitrogen and oxygen atoms in total. The zero-order chi connectivity index (χ0) is 49.8. The van der Waals surface area contributed by atoms with Crippen molar-refractivity contribution in [1.29, 1.82) is 0 Å². The Kier molecular flexibility index (Phi) is 9.33. The first-order chi connectivity index (χ1) is 37.6. The lowest BCUT2D eigenvalue weighted by molar-refractivity contribution is 0.654. The number of hydrogen-bond acceptors (Lipinski definition) is 3. The molecule has 0 atom stereocenters. The molecule has 0 amide bonds. The van der Waals surface area contributed by atoms with Crippen LogP contribution in [0.15, 0.2) is 271 Å². The van der Waals surface area contributed by atoms with E-state index in [1.807, 2.05) is 18.2 Å². The summed E-state index contributed by atoms with van der Waals surface area (Å²) in [6, 6.07) is 97.7. The molecule has 0 radical (unpaired) electrons. The van der Waals surface area contributed by atoms with E-state index in [4.69, 9.17) is 9.40 Å². The third-order valence-electron chi connectivity index (χ3n) is 16.0. The van der Waals surface area contributed by atoms with Crippen LogP contribution >= 0.6 is 0 Å². The van der Waals surface area contributed by atoms with Crippen LogP contribution < -0.4 is 4.90 Å². The van der Waals surface area contributed by atoms with Crippen molar-refractivity contribution < 1.29 is 4.42 Å². The summed E-state index contributed by atoms with van der Waals surface area (Å²) in [6.07, 6.45) is 0. The number of hydrogen-bond donors (Lipinski definition) is 0. The number of para-hydroxylation sites is 1. The van der Waals surface area contributed by atoms with Crippen molar-refractivity contribution in [3.63, 3.8) is 0 Å². The SMILES string of the molecule is c1ccc2c(c1)oc1nc(-c3ccc(N(c4ccc5cc(-c6ccc7c8ccccc8c8ccccc8c7c6)ccc5c4)c4ccc5cc(-c6ccc7c8ccccc8c8ccccc8c7c6)ccc5c4)cc3)ccc12. The maximum absolute atomic E-state index is 6.20. The molecule has 0 unspecified atom stereocenters. The van der Waals surface area contributed by atoms with Gasteiger partial charge in [0.15, 0.2) is 0 Å². The zero-order valence-electron chi connectivity index (χ0n) is 41.2. The highest BCUT2D eigenvalue weighted by Gasteiger charge is 2.18. The Morgan fingerprint density at radius 3 is 1.07 bits per heavy atom. The van der Waals surface area contributed by atoms with Gasteiger partial charge >= 0.3 is 0 Å². The van der Waals surface area contributed by atoms with Gasteiger partial charge in [0.05, 0.1) is 5.69 Å². The number of furan rings is 1. The van der Waals surface area contributed by atoms with E-state index in [9.17, 15) is 0 Å². The van der Waals surface area contributed by atoms with Gasteiger partial charge in [0, 0.05) is 33.4 Å². The van der Waals surface area contributed by atoms with E-state index >= 15 is 0 Å². The minimum Gasteiger partial charge on any atom is -0.438 e. The van der Waals surface area contributed by atoms with Crippen molar-refractivity contribution in [3.05, 3.63) is 267 Å². The normalized spacial score (nSPS) is 11.9. The molecule has 0 saturated heterocycles. The lowest BCUT2D eigenvalue weighted by Crippen LogP contribution is -2.10. The summed E-state index contributed by atoms with van der Waals surface area (Å²) in [5, 5.41) is 22.2. The fraction of sp³-hybridized carbons (Fsp3) is 0. The van der Waals surface area contributed by atoms with Crippen molar-refractivity contribution in [2.24, 2.45) is 0 Å². The van der Waals surface area contributed by atoms with Crippen molar-refractivity contribution in [1.82, 2.24) is 4.98 Å². The molecule has 0 spiro atoms. The lowest BCUT2D eigenvalue weighted by Gasteiger charge is -2.26. The average molecular weight is 965 g/mol. The molecule has 16 rings (SSSR count). The average Bonchev–Trinajstić information content (AvgIpc) is 3.90. The molecule has 0 aliphatic heterocycles. The minimum absolute atomic E-state index is 0.647. The Morgan fingerprint density at radius 2 is 0.579 bits per heavy atom. The Balaban J connectivity index is 0.788. The molecule has 14 aromatic carbocycles. The summed E-state index contributed by atoms with van der Waals surface area (Å²) in [6.45, 7) is 0. The van der Waals surface area contributed by atoms with E-state index in [1.165, 1.54) is 108 Å². The van der Waals surface area contributed by atoms with Crippen LogP contribution in [0.25, 0.3) is 142 Å². The van der Waals surface area contributed by atoms with Crippen molar-refractivity contribution in [3.8, 4) is 33.5 Å². The first kappa shape index (κ1) is 42.4. The van der Waals surface area contributed by atoms with Gasteiger partial charge in [-0.25, -0.2) is 4.98 Å². The van der Waals surface area contributed by atoms with Crippen molar-refractivity contribution >= 4 is 125 Å². The summed E-state index contributed by atoms with van der Waals surface area (Å²) in [4.78, 5) is 7.37. The molecule has 0 N–H and O–H groups in total. The summed E-state index contributed by atoms with van der Waals surface area (Å²) < 4.78 is 6.20. The fourth-order valence-electron chi connectivity index (χ4n) is 12.3. The second kappa shape index (κ2) is 16.7. The second-order valence-corrected chi connectivity index (χ2v) is 20.2. The van der Waals surface area contributed by atoms with E-state index in [-0.39, 0.29) is 0 Å². The molecule has 352 valence electrons. The van der Waals surface area contributed by atoms with Crippen LogP contribution in [0.1, 0.15) is 0 Å². The van der Waals surface area contributed by atoms with Crippen LogP contribution in [0.2, 0.25) is 0 Å². The van der Waals surface area contributed by atoms with Crippen molar-refractivity contribution in [2.45, 2.75) is 0 Å². The molecule has 0 fully saturated rings. The molecule has 16 aromatic rings. The van der Waals surface area contributed by atoms with Crippen LogP contribution in [0.5, 0.6) is 0 Å². The first-order valence-electron chi connectivity index (χ1n) is 26.1. The summed E-state index contributed by atoms with van der Waals surface area (Å²) in [7, 11) is 0.